The van der Waals surface area contributed by atoms with Crippen molar-refractivity contribution >= 4 is 36.7 Å². The summed E-state index contributed by atoms with van der Waals surface area (Å²) in [6.45, 7) is 5.79. The number of hydrogen-bond acceptors (Lipinski definition) is 3. The number of guanidine groups is 2. The Labute approximate surface area is 200 Å². The standard InChI is InChI=1S/C23H39N5O.2ClH/c1-4-5-6-7-8-9-10-11-12-17-24-22-26-19(2)27-23(28-22)25-18-20-13-15-21(29-3)16-14-20;;/h13-16,19H,4-12,17-18H2,1-3H3,(H3,24,25,26,27,28);2*1H. The number of rotatable bonds is 13. The minimum absolute atomic E-state index is 0. The molecule has 1 heterocycles. The molecule has 0 bridgehead atoms. The summed E-state index contributed by atoms with van der Waals surface area (Å²) in [6.07, 6.45) is 12.1. The number of ether oxygens (including phenoxy) is 1. The highest BCUT2D eigenvalue weighted by Crippen LogP contribution is 2.12. The van der Waals surface area contributed by atoms with Gasteiger partial charge < -0.3 is 15.4 Å². The van der Waals surface area contributed by atoms with Gasteiger partial charge in [0.2, 0.25) is 0 Å². The van der Waals surface area contributed by atoms with Crippen LogP contribution in [0.1, 0.15) is 77.2 Å². The van der Waals surface area contributed by atoms with Gasteiger partial charge in [0.15, 0.2) is 11.9 Å². The van der Waals surface area contributed by atoms with Crippen molar-refractivity contribution in [2.45, 2.75) is 84.3 Å². The van der Waals surface area contributed by atoms with E-state index >= 15 is 0 Å². The molecule has 0 amide bonds. The lowest BCUT2D eigenvalue weighted by Gasteiger charge is -2.27. The summed E-state index contributed by atoms with van der Waals surface area (Å²) in [6, 6.07) is 7.98. The SMILES string of the molecule is CCCCCCCCCCCN=C1NC(=NCc2ccc(OC)cc2)NC(C)N1.Cl.Cl. The predicted molar refractivity (Wildman–Crippen MR) is 137 cm³/mol. The van der Waals surface area contributed by atoms with Gasteiger partial charge in [0.05, 0.1) is 19.8 Å². The molecular formula is C23H41Cl2N5O. The fourth-order valence-electron chi connectivity index (χ4n) is 3.32. The van der Waals surface area contributed by atoms with Crippen LogP contribution in [-0.4, -0.2) is 31.7 Å². The Hall–Kier alpha value is -1.66. The summed E-state index contributed by atoms with van der Waals surface area (Å²) in [5, 5.41) is 9.88. The van der Waals surface area contributed by atoms with Crippen molar-refractivity contribution in [3.63, 3.8) is 0 Å². The van der Waals surface area contributed by atoms with Crippen LogP contribution >= 0.6 is 24.8 Å². The van der Waals surface area contributed by atoms with E-state index < -0.39 is 0 Å². The lowest BCUT2D eigenvalue weighted by atomic mass is 10.1. The second kappa shape index (κ2) is 18.0. The first-order valence-corrected chi connectivity index (χ1v) is 11.2. The second-order valence-electron chi connectivity index (χ2n) is 7.71. The first-order valence-electron chi connectivity index (χ1n) is 11.2. The molecule has 0 aliphatic carbocycles. The monoisotopic (exact) mass is 473 g/mol. The van der Waals surface area contributed by atoms with Crippen LogP contribution in [0.5, 0.6) is 5.75 Å². The van der Waals surface area contributed by atoms with E-state index in [1.165, 1.54) is 51.4 Å². The molecule has 1 saturated heterocycles. The molecule has 0 aromatic heterocycles. The van der Waals surface area contributed by atoms with E-state index in [9.17, 15) is 0 Å². The topological polar surface area (TPSA) is 70.0 Å². The van der Waals surface area contributed by atoms with Crippen molar-refractivity contribution in [1.29, 1.82) is 0 Å². The molecule has 0 spiro atoms. The summed E-state index contributed by atoms with van der Waals surface area (Å²) in [7, 11) is 1.68. The van der Waals surface area contributed by atoms with E-state index in [0.717, 1.165) is 36.2 Å². The molecule has 3 N–H and O–H groups in total. The predicted octanol–water partition coefficient (Wildman–Crippen LogP) is 5.41. The third-order valence-corrected chi connectivity index (χ3v) is 5.05. The van der Waals surface area contributed by atoms with Gasteiger partial charge in [-0.1, -0.05) is 70.4 Å². The summed E-state index contributed by atoms with van der Waals surface area (Å²) in [5.74, 6) is 2.43. The van der Waals surface area contributed by atoms with E-state index in [4.69, 9.17) is 4.74 Å². The van der Waals surface area contributed by atoms with E-state index in [2.05, 4.69) is 39.8 Å². The highest BCUT2D eigenvalue weighted by Gasteiger charge is 2.15. The number of unbranched alkanes of at least 4 members (excludes halogenated alkanes) is 8. The van der Waals surface area contributed by atoms with Crippen molar-refractivity contribution in [2.24, 2.45) is 9.98 Å². The van der Waals surface area contributed by atoms with E-state index in [0.29, 0.717) is 6.54 Å². The van der Waals surface area contributed by atoms with Crippen LogP contribution in [0, 0.1) is 0 Å². The van der Waals surface area contributed by atoms with Crippen molar-refractivity contribution in [3.05, 3.63) is 29.8 Å². The maximum Gasteiger partial charge on any atom is 0.200 e. The maximum absolute atomic E-state index is 5.20. The minimum atomic E-state index is 0. The maximum atomic E-state index is 5.20. The van der Waals surface area contributed by atoms with Crippen molar-refractivity contribution < 1.29 is 4.74 Å². The normalized spacial score (nSPS) is 17.7. The van der Waals surface area contributed by atoms with Gasteiger partial charge in [-0.25, -0.2) is 4.99 Å². The molecule has 0 radical (unpaired) electrons. The Kier molecular flexibility index (Phi) is 17.0. The van der Waals surface area contributed by atoms with Gasteiger partial charge in [-0.15, -0.1) is 24.8 Å². The van der Waals surface area contributed by atoms with Crippen LogP contribution in [0.3, 0.4) is 0 Å². The quantitative estimate of drug-likeness (QED) is 0.335. The fourth-order valence-corrected chi connectivity index (χ4v) is 3.32. The van der Waals surface area contributed by atoms with E-state index in [-0.39, 0.29) is 31.0 Å². The number of methoxy groups -OCH3 is 1. The summed E-state index contributed by atoms with van der Waals surface area (Å²) >= 11 is 0. The molecule has 0 saturated carbocycles. The van der Waals surface area contributed by atoms with Gasteiger partial charge in [0.25, 0.3) is 0 Å². The molecule has 1 atom stereocenters. The molecule has 1 aromatic rings. The van der Waals surface area contributed by atoms with Crippen LogP contribution in [-0.2, 0) is 6.54 Å². The lowest BCUT2D eigenvalue weighted by molar-refractivity contribution is 0.414. The number of benzene rings is 1. The molecule has 6 nitrogen and oxygen atoms in total. The summed E-state index contributed by atoms with van der Waals surface area (Å²) < 4.78 is 5.20. The Morgan fingerprint density at radius 2 is 1.35 bits per heavy atom. The molecule has 31 heavy (non-hydrogen) atoms. The van der Waals surface area contributed by atoms with Crippen LogP contribution in [0.2, 0.25) is 0 Å². The van der Waals surface area contributed by atoms with Gasteiger partial charge in [0, 0.05) is 6.54 Å². The van der Waals surface area contributed by atoms with Crippen molar-refractivity contribution in [3.8, 4) is 5.75 Å². The molecule has 178 valence electrons. The van der Waals surface area contributed by atoms with Gasteiger partial charge in [-0.2, -0.15) is 0 Å². The lowest BCUT2D eigenvalue weighted by Crippen LogP contribution is -2.62. The first-order chi connectivity index (χ1) is 14.2. The van der Waals surface area contributed by atoms with Crippen LogP contribution in [0.15, 0.2) is 34.3 Å². The smallest absolute Gasteiger partial charge is 0.200 e. The third-order valence-electron chi connectivity index (χ3n) is 5.05. The van der Waals surface area contributed by atoms with Gasteiger partial charge in [-0.05, 0) is 31.0 Å². The summed E-state index contributed by atoms with van der Waals surface area (Å²) in [4.78, 5) is 9.32. The van der Waals surface area contributed by atoms with E-state index in [1.807, 2.05) is 24.3 Å². The molecule has 1 aliphatic rings. The minimum Gasteiger partial charge on any atom is -0.497 e. The Morgan fingerprint density at radius 1 is 0.806 bits per heavy atom. The molecule has 8 heteroatoms. The molecular weight excluding hydrogens is 433 g/mol. The van der Waals surface area contributed by atoms with Gasteiger partial charge in [-0.3, -0.25) is 10.3 Å². The van der Waals surface area contributed by atoms with Crippen LogP contribution < -0.4 is 20.7 Å². The average Bonchev–Trinajstić information content (AvgIpc) is 2.73. The highest BCUT2D eigenvalue weighted by atomic mass is 35.5. The van der Waals surface area contributed by atoms with Gasteiger partial charge in [0.1, 0.15) is 5.75 Å². The second-order valence-corrected chi connectivity index (χ2v) is 7.71. The van der Waals surface area contributed by atoms with Crippen LogP contribution in [0.4, 0.5) is 0 Å². The number of nitrogens with zero attached hydrogens (tertiary/aromatic N) is 2. The Balaban J connectivity index is 0.00000450. The Morgan fingerprint density at radius 3 is 1.94 bits per heavy atom. The Bertz CT molecular complexity index is 637. The summed E-state index contributed by atoms with van der Waals surface area (Å²) in [5.41, 5.74) is 1.14. The van der Waals surface area contributed by atoms with Gasteiger partial charge >= 0.3 is 0 Å². The van der Waals surface area contributed by atoms with E-state index in [1.54, 1.807) is 7.11 Å². The zero-order valence-electron chi connectivity index (χ0n) is 19.3. The molecule has 1 aliphatic heterocycles. The molecule has 1 unspecified atom stereocenters. The fraction of sp³-hybridized carbons (Fsp3) is 0.652. The zero-order chi connectivity index (χ0) is 20.7. The molecule has 1 aromatic carbocycles. The first kappa shape index (κ1) is 29.3. The van der Waals surface area contributed by atoms with Crippen molar-refractivity contribution in [2.75, 3.05) is 13.7 Å². The highest BCUT2D eigenvalue weighted by molar-refractivity contribution is 6.00. The third kappa shape index (κ3) is 12.7. The largest absolute Gasteiger partial charge is 0.497 e. The number of aliphatic imine (C=N–C) groups is 2. The number of hydrogen-bond donors (Lipinski definition) is 3. The number of halogens is 2. The molecule has 1 fully saturated rings. The number of nitrogens with one attached hydrogen (secondary N) is 3. The van der Waals surface area contributed by atoms with Crippen molar-refractivity contribution in [1.82, 2.24) is 16.0 Å². The average molecular weight is 475 g/mol. The molecule has 2 rings (SSSR count). The van der Waals surface area contributed by atoms with Crippen LogP contribution in [0.25, 0.3) is 0 Å². The zero-order valence-corrected chi connectivity index (χ0v) is 20.9.